The Bertz CT molecular complexity index is 258. The highest BCUT2D eigenvalue weighted by Crippen LogP contribution is 2.27. The molecule has 0 bridgehead atoms. The van der Waals surface area contributed by atoms with Gasteiger partial charge < -0.3 is 30.9 Å². The second-order valence-electron chi connectivity index (χ2n) is 3.60. The number of aliphatic hydroxyl groups excluding tert-OH is 3. The molecular weight excluding hydrogens is 206 g/mol. The van der Waals surface area contributed by atoms with E-state index in [1.165, 1.54) is 0 Å². The van der Waals surface area contributed by atoms with Crippen LogP contribution < -0.4 is 5.73 Å². The van der Waals surface area contributed by atoms with Crippen LogP contribution >= 0.6 is 0 Å². The summed E-state index contributed by atoms with van der Waals surface area (Å²) in [6.45, 7) is 0.402. The fourth-order valence-electron chi connectivity index (χ4n) is 1.51. The van der Waals surface area contributed by atoms with E-state index in [2.05, 4.69) is 0 Å². The van der Waals surface area contributed by atoms with Crippen LogP contribution in [0.15, 0.2) is 0 Å². The van der Waals surface area contributed by atoms with Gasteiger partial charge in [-0.25, -0.2) is 0 Å². The van der Waals surface area contributed by atoms with Crippen molar-refractivity contribution >= 4 is 5.78 Å². The largest absolute Gasteiger partial charge is 0.394 e. The summed E-state index contributed by atoms with van der Waals surface area (Å²) in [5.74, 6) is -3.16. The van der Waals surface area contributed by atoms with Gasteiger partial charge in [0.05, 0.1) is 12.6 Å². The summed E-state index contributed by atoms with van der Waals surface area (Å²) in [6.07, 6.45) is -4.22. The predicted molar refractivity (Wildman–Crippen MR) is 47.6 cm³/mol. The van der Waals surface area contributed by atoms with Crippen LogP contribution in [0.2, 0.25) is 0 Å². The van der Waals surface area contributed by atoms with Crippen molar-refractivity contribution in [3.05, 3.63) is 0 Å². The fourth-order valence-corrected chi connectivity index (χ4v) is 1.51. The van der Waals surface area contributed by atoms with Gasteiger partial charge in [0.1, 0.15) is 18.3 Å². The molecule has 0 radical (unpaired) electrons. The lowest BCUT2D eigenvalue weighted by molar-refractivity contribution is -0.296. The molecule has 0 aromatic heterocycles. The Kier molecular flexibility index (Phi) is 3.44. The van der Waals surface area contributed by atoms with Crippen molar-refractivity contribution in [1.29, 1.82) is 0 Å². The van der Waals surface area contributed by atoms with E-state index in [1.807, 2.05) is 0 Å². The van der Waals surface area contributed by atoms with Crippen molar-refractivity contribution in [2.75, 3.05) is 6.61 Å². The third kappa shape index (κ3) is 1.89. The van der Waals surface area contributed by atoms with Gasteiger partial charge in [-0.15, -0.1) is 0 Å². The third-order valence-corrected chi connectivity index (χ3v) is 2.57. The average Bonchev–Trinajstić information content (AvgIpc) is 2.20. The van der Waals surface area contributed by atoms with E-state index in [-0.39, 0.29) is 0 Å². The number of Topliss-reactive ketones (excluding diaryl/α,β-unsaturated/α-hetero) is 1. The molecular formula is C8H15NO6. The zero-order chi connectivity index (χ0) is 11.8. The summed E-state index contributed by atoms with van der Waals surface area (Å²) in [6, 6.07) is -1.45. The molecule has 1 saturated heterocycles. The van der Waals surface area contributed by atoms with E-state index in [0.29, 0.717) is 0 Å². The van der Waals surface area contributed by atoms with Gasteiger partial charge in [0.2, 0.25) is 5.79 Å². The molecule has 0 amide bonds. The first-order chi connectivity index (χ1) is 6.84. The number of hydrogen-bond donors (Lipinski definition) is 5. The minimum absolute atomic E-state index is 0.638. The first-order valence-corrected chi connectivity index (χ1v) is 4.48. The maximum absolute atomic E-state index is 11.1. The molecule has 1 aliphatic rings. The molecule has 1 unspecified atom stereocenters. The topological polar surface area (TPSA) is 133 Å². The molecule has 5 atom stereocenters. The molecule has 0 saturated carbocycles. The SMILES string of the molecule is CC(=O)C1(O)O[C@H](CO)[C@@H](O)[C@H](O)[C@H]1N. The Morgan fingerprint density at radius 3 is 2.40 bits per heavy atom. The highest BCUT2D eigenvalue weighted by atomic mass is 16.7. The van der Waals surface area contributed by atoms with Crippen LogP contribution in [0, 0.1) is 0 Å². The highest BCUT2D eigenvalue weighted by Gasteiger charge is 2.54. The monoisotopic (exact) mass is 221 g/mol. The Balaban J connectivity index is 2.97. The quantitative estimate of drug-likeness (QED) is 0.330. The number of carbonyl (C=O) groups is 1. The predicted octanol–water partition coefficient (Wildman–Crippen LogP) is -3.30. The molecule has 0 aromatic carbocycles. The zero-order valence-electron chi connectivity index (χ0n) is 8.20. The zero-order valence-corrected chi connectivity index (χ0v) is 8.20. The van der Waals surface area contributed by atoms with Crippen LogP contribution in [0.25, 0.3) is 0 Å². The molecule has 7 nitrogen and oxygen atoms in total. The van der Waals surface area contributed by atoms with Crippen LogP contribution in [0.1, 0.15) is 6.92 Å². The summed E-state index contributed by atoms with van der Waals surface area (Å²) in [5, 5.41) is 37.4. The number of ether oxygens (including phenoxy) is 1. The van der Waals surface area contributed by atoms with Crippen molar-refractivity contribution in [2.45, 2.75) is 37.1 Å². The van der Waals surface area contributed by atoms with E-state index < -0.39 is 42.5 Å². The molecule has 1 aliphatic heterocycles. The minimum Gasteiger partial charge on any atom is -0.394 e. The lowest BCUT2D eigenvalue weighted by Gasteiger charge is -2.44. The number of nitrogens with two attached hydrogens (primary N) is 1. The molecule has 15 heavy (non-hydrogen) atoms. The van der Waals surface area contributed by atoms with Gasteiger partial charge in [-0.3, -0.25) is 4.79 Å². The maximum atomic E-state index is 11.1. The second-order valence-corrected chi connectivity index (χ2v) is 3.60. The average molecular weight is 221 g/mol. The summed E-state index contributed by atoms with van der Waals surface area (Å²) in [4.78, 5) is 11.1. The van der Waals surface area contributed by atoms with E-state index in [1.54, 1.807) is 0 Å². The summed E-state index contributed by atoms with van der Waals surface area (Å²) in [5.41, 5.74) is 5.38. The smallest absolute Gasteiger partial charge is 0.244 e. The summed E-state index contributed by atoms with van der Waals surface area (Å²) >= 11 is 0. The Morgan fingerprint density at radius 1 is 1.47 bits per heavy atom. The lowest BCUT2D eigenvalue weighted by atomic mass is 9.89. The van der Waals surface area contributed by atoms with Gasteiger partial charge >= 0.3 is 0 Å². The van der Waals surface area contributed by atoms with Crippen molar-refractivity contribution < 1.29 is 30.0 Å². The number of ketones is 1. The van der Waals surface area contributed by atoms with Crippen LogP contribution in [0.3, 0.4) is 0 Å². The number of aliphatic hydroxyl groups is 4. The third-order valence-electron chi connectivity index (χ3n) is 2.57. The van der Waals surface area contributed by atoms with Gasteiger partial charge in [-0.2, -0.15) is 0 Å². The van der Waals surface area contributed by atoms with Crippen LogP contribution in [-0.2, 0) is 9.53 Å². The molecule has 88 valence electrons. The molecule has 0 aliphatic carbocycles. The highest BCUT2D eigenvalue weighted by molar-refractivity contribution is 5.84. The first kappa shape index (κ1) is 12.5. The van der Waals surface area contributed by atoms with Gasteiger partial charge in [-0.1, -0.05) is 0 Å². The van der Waals surface area contributed by atoms with Crippen molar-refractivity contribution in [3.8, 4) is 0 Å². The Labute approximate surface area is 86.1 Å². The van der Waals surface area contributed by atoms with Gasteiger partial charge in [-0.05, 0) is 0 Å². The molecule has 0 aromatic rings. The van der Waals surface area contributed by atoms with Crippen LogP contribution in [0.4, 0.5) is 0 Å². The van der Waals surface area contributed by atoms with Crippen LogP contribution in [0.5, 0.6) is 0 Å². The molecule has 1 rings (SSSR count). The molecule has 1 heterocycles. The van der Waals surface area contributed by atoms with Crippen molar-refractivity contribution in [2.24, 2.45) is 5.73 Å². The van der Waals surface area contributed by atoms with Crippen molar-refractivity contribution in [3.63, 3.8) is 0 Å². The van der Waals surface area contributed by atoms with E-state index in [0.717, 1.165) is 6.92 Å². The van der Waals surface area contributed by atoms with E-state index >= 15 is 0 Å². The maximum Gasteiger partial charge on any atom is 0.244 e. The number of rotatable bonds is 2. The van der Waals surface area contributed by atoms with Gasteiger partial charge in [0.25, 0.3) is 0 Å². The standard InChI is InChI=1S/C8H15NO6/c1-3(11)8(14)7(9)6(13)5(12)4(2-10)15-8/h4-7,10,12-14H,2,9H2,1H3/t4-,5-,6+,7-,8?/m1/s1. The first-order valence-electron chi connectivity index (χ1n) is 4.48. The number of carbonyl (C=O) groups excluding carboxylic acids is 1. The minimum atomic E-state index is -2.37. The van der Waals surface area contributed by atoms with Crippen LogP contribution in [-0.4, -0.2) is 63.0 Å². The lowest BCUT2D eigenvalue weighted by Crippen LogP contribution is -2.70. The number of hydrogen-bond acceptors (Lipinski definition) is 7. The summed E-state index contributed by atoms with van der Waals surface area (Å²) in [7, 11) is 0. The molecule has 0 spiro atoms. The Morgan fingerprint density at radius 2 is 2.00 bits per heavy atom. The van der Waals surface area contributed by atoms with Gasteiger partial charge in [0.15, 0.2) is 5.78 Å². The second kappa shape index (κ2) is 4.12. The Hall–Kier alpha value is -0.570. The van der Waals surface area contributed by atoms with E-state index in [9.17, 15) is 20.1 Å². The normalized spacial score (nSPS) is 46.5. The van der Waals surface area contributed by atoms with E-state index in [4.69, 9.17) is 15.6 Å². The van der Waals surface area contributed by atoms with Crippen molar-refractivity contribution in [1.82, 2.24) is 0 Å². The molecule has 1 fully saturated rings. The summed E-state index contributed by atoms with van der Waals surface area (Å²) < 4.78 is 4.80. The van der Waals surface area contributed by atoms with Gasteiger partial charge in [0, 0.05) is 6.92 Å². The molecule has 7 heteroatoms. The molecule has 6 N–H and O–H groups in total. The fraction of sp³-hybridized carbons (Fsp3) is 0.875.